The lowest BCUT2D eigenvalue weighted by atomic mass is 9.85. The number of rotatable bonds is 8. The van der Waals surface area contributed by atoms with Gasteiger partial charge in [0.15, 0.2) is 5.82 Å². The van der Waals surface area contributed by atoms with Crippen molar-refractivity contribution in [2.75, 3.05) is 32.0 Å². The second-order valence-electron chi connectivity index (χ2n) is 12.8. The molecular weight excluding hydrogens is 608 g/mol. The van der Waals surface area contributed by atoms with Crippen LogP contribution in [0.1, 0.15) is 57.6 Å². The highest BCUT2D eigenvalue weighted by atomic mass is 35.5. The zero-order valence-corrected chi connectivity index (χ0v) is 27.1. The predicted molar refractivity (Wildman–Crippen MR) is 169 cm³/mol. The third-order valence-corrected chi connectivity index (χ3v) is 8.88. The van der Waals surface area contributed by atoms with Crippen molar-refractivity contribution in [1.82, 2.24) is 20.4 Å². The Balaban J connectivity index is 1.54. The van der Waals surface area contributed by atoms with Gasteiger partial charge in [0.05, 0.1) is 15.7 Å². The fourth-order valence-corrected chi connectivity index (χ4v) is 6.12. The van der Waals surface area contributed by atoms with Gasteiger partial charge in [0.2, 0.25) is 23.6 Å². The average molecular weight is 649 g/mol. The van der Waals surface area contributed by atoms with Crippen LogP contribution in [0.25, 0.3) is 0 Å². The molecule has 4 rings (SSSR count). The summed E-state index contributed by atoms with van der Waals surface area (Å²) < 4.78 is 14.8. The smallest absolute Gasteiger partial charge is 0.250 e. The van der Waals surface area contributed by atoms with E-state index in [1.165, 1.54) is 17.0 Å². The van der Waals surface area contributed by atoms with Crippen LogP contribution in [-0.4, -0.2) is 71.7 Å². The molecular formula is C32H40Cl2FN5O4. The highest BCUT2D eigenvalue weighted by Gasteiger charge is 2.44. The Morgan fingerprint density at radius 2 is 1.70 bits per heavy atom. The molecule has 12 heteroatoms. The molecule has 0 aromatic heterocycles. The molecule has 2 heterocycles. The number of anilines is 1. The summed E-state index contributed by atoms with van der Waals surface area (Å²) in [6.45, 7) is 7.74. The normalized spacial score (nSPS) is 17.8. The van der Waals surface area contributed by atoms with Crippen LogP contribution in [0, 0.1) is 11.2 Å². The number of hydrogen-bond acceptors (Lipinski definition) is 5. The Morgan fingerprint density at radius 3 is 2.36 bits per heavy atom. The molecule has 4 amide bonds. The minimum atomic E-state index is -1.36. The van der Waals surface area contributed by atoms with Gasteiger partial charge < -0.3 is 25.8 Å². The molecule has 2 aromatic carbocycles. The van der Waals surface area contributed by atoms with E-state index >= 15 is 0 Å². The van der Waals surface area contributed by atoms with Gasteiger partial charge in [-0.1, -0.05) is 68.2 Å². The number of fused-ring (bicyclic) bond motifs is 1. The van der Waals surface area contributed by atoms with Crippen molar-refractivity contribution >= 4 is 52.5 Å². The summed E-state index contributed by atoms with van der Waals surface area (Å²) in [6, 6.07) is 9.39. The number of nitrogens with zero attached hydrogens (tertiary/aromatic N) is 2. The summed E-state index contributed by atoms with van der Waals surface area (Å²) in [5.74, 6) is -2.42. The first kappa shape index (κ1) is 33.7. The van der Waals surface area contributed by atoms with Crippen LogP contribution in [0.5, 0.6) is 0 Å². The second kappa shape index (κ2) is 13.8. The van der Waals surface area contributed by atoms with Crippen molar-refractivity contribution in [2.24, 2.45) is 5.41 Å². The van der Waals surface area contributed by atoms with E-state index in [0.29, 0.717) is 19.6 Å². The fourth-order valence-electron chi connectivity index (χ4n) is 5.81. The maximum absolute atomic E-state index is 14.8. The number of halogens is 3. The van der Waals surface area contributed by atoms with Crippen LogP contribution >= 0.6 is 23.2 Å². The van der Waals surface area contributed by atoms with E-state index in [4.69, 9.17) is 23.2 Å². The Kier molecular flexibility index (Phi) is 10.6. The highest BCUT2D eigenvalue weighted by Crippen LogP contribution is 2.32. The molecule has 9 nitrogen and oxygen atoms in total. The number of hydrogen-bond donors (Lipinski definition) is 3. The molecule has 44 heavy (non-hydrogen) atoms. The van der Waals surface area contributed by atoms with E-state index in [0.717, 1.165) is 11.1 Å². The molecule has 2 aromatic rings. The maximum Gasteiger partial charge on any atom is 0.250 e. The lowest BCUT2D eigenvalue weighted by Crippen LogP contribution is -2.65. The molecule has 238 valence electrons. The molecule has 1 fully saturated rings. The van der Waals surface area contributed by atoms with E-state index in [1.807, 2.05) is 45.0 Å². The monoisotopic (exact) mass is 647 g/mol. The molecule has 0 bridgehead atoms. The summed E-state index contributed by atoms with van der Waals surface area (Å²) in [4.78, 5) is 57.2. The number of piperidine rings is 1. The minimum absolute atomic E-state index is 0.0110. The van der Waals surface area contributed by atoms with E-state index < -0.39 is 29.2 Å². The van der Waals surface area contributed by atoms with Crippen LogP contribution < -0.4 is 16.0 Å². The van der Waals surface area contributed by atoms with Crippen molar-refractivity contribution < 1.29 is 23.6 Å². The Labute approximate surface area is 267 Å². The van der Waals surface area contributed by atoms with Crippen molar-refractivity contribution in [1.29, 1.82) is 0 Å². The summed E-state index contributed by atoms with van der Waals surface area (Å²) in [7, 11) is 1.72. The first-order valence-electron chi connectivity index (χ1n) is 14.8. The number of benzene rings is 2. The first-order chi connectivity index (χ1) is 20.7. The van der Waals surface area contributed by atoms with Gasteiger partial charge in [-0.25, -0.2) is 4.39 Å². The number of nitrogens with one attached hydrogen (secondary N) is 3. The molecule has 2 aliphatic rings. The van der Waals surface area contributed by atoms with Gasteiger partial charge in [0.1, 0.15) is 11.6 Å². The van der Waals surface area contributed by atoms with Crippen LogP contribution in [0.15, 0.2) is 36.4 Å². The van der Waals surface area contributed by atoms with Gasteiger partial charge in [0.25, 0.3) is 0 Å². The summed E-state index contributed by atoms with van der Waals surface area (Å²) in [6.07, 6.45) is 0.721. The quantitative estimate of drug-likeness (QED) is 0.364. The van der Waals surface area contributed by atoms with Crippen LogP contribution in [0.3, 0.4) is 0 Å². The van der Waals surface area contributed by atoms with Gasteiger partial charge in [-0.05, 0) is 54.6 Å². The first-order valence-corrected chi connectivity index (χ1v) is 15.5. The van der Waals surface area contributed by atoms with E-state index in [9.17, 15) is 23.6 Å². The molecule has 3 N–H and O–H groups in total. The van der Waals surface area contributed by atoms with Crippen molar-refractivity contribution in [3.05, 3.63) is 63.4 Å². The average Bonchev–Trinajstić information content (AvgIpc) is 2.98. The topological polar surface area (TPSA) is 111 Å². The van der Waals surface area contributed by atoms with Gasteiger partial charge in [-0.2, -0.15) is 0 Å². The molecule has 0 aliphatic carbocycles. The summed E-state index contributed by atoms with van der Waals surface area (Å²) >= 11 is 11.9. The largest absolute Gasteiger partial charge is 0.345 e. The number of carbonyl (C=O) groups is 4. The molecule has 1 saturated heterocycles. The van der Waals surface area contributed by atoms with Crippen LogP contribution in [0.4, 0.5) is 10.1 Å². The predicted octanol–water partition coefficient (Wildman–Crippen LogP) is 4.55. The minimum Gasteiger partial charge on any atom is -0.345 e. The molecule has 0 spiro atoms. The zero-order valence-electron chi connectivity index (χ0n) is 25.6. The van der Waals surface area contributed by atoms with Gasteiger partial charge >= 0.3 is 0 Å². The zero-order chi connectivity index (χ0) is 32.2. The number of carbonyl (C=O) groups excluding carboxylic acids is 4. The molecule has 0 radical (unpaired) electrons. The Morgan fingerprint density at radius 1 is 1.05 bits per heavy atom. The SMILES string of the molecule is CN(CC(C)(C)C)C(=O)CCC(=O)N1Cc2ccccc2C[C@H]1C(=O)NC1(C(=O)Nc2ccc(Cl)c(Cl)c2F)CCNCC1. The maximum atomic E-state index is 14.8. The van der Waals surface area contributed by atoms with Gasteiger partial charge in [-0.3, -0.25) is 19.2 Å². The Hall–Kier alpha value is -3.21. The molecule has 0 saturated carbocycles. The highest BCUT2D eigenvalue weighted by molar-refractivity contribution is 6.42. The van der Waals surface area contributed by atoms with Crippen molar-refractivity contribution in [2.45, 2.75) is 71.0 Å². The second-order valence-corrected chi connectivity index (χ2v) is 13.6. The molecule has 2 aliphatic heterocycles. The third kappa shape index (κ3) is 7.89. The Bertz CT molecular complexity index is 1420. The van der Waals surface area contributed by atoms with Crippen molar-refractivity contribution in [3.8, 4) is 0 Å². The van der Waals surface area contributed by atoms with Crippen LogP contribution in [0.2, 0.25) is 10.0 Å². The van der Waals surface area contributed by atoms with E-state index in [1.54, 1.807) is 11.9 Å². The standard InChI is InChI=1S/C32H40Cl2FN5O4/c1-31(2,3)19-39(4)25(41)11-12-26(42)40-18-21-8-6-5-7-20(21)17-24(40)29(43)38-32(13-15-36-16-14-32)30(44)37-23-10-9-22(33)27(34)28(23)35/h5-10,24,36H,11-19H2,1-4H3,(H,37,44)(H,38,43)/t24-/m0/s1. The van der Waals surface area contributed by atoms with E-state index in [-0.39, 0.29) is 71.6 Å². The van der Waals surface area contributed by atoms with Crippen molar-refractivity contribution in [3.63, 3.8) is 0 Å². The summed E-state index contributed by atoms with van der Waals surface area (Å²) in [5, 5.41) is 8.42. The molecule has 0 unspecified atom stereocenters. The van der Waals surface area contributed by atoms with E-state index in [2.05, 4.69) is 16.0 Å². The van der Waals surface area contributed by atoms with Gasteiger partial charge in [-0.15, -0.1) is 0 Å². The third-order valence-electron chi connectivity index (χ3n) is 8.10. The number of amides is 4. The van der Waals surface area contributed by atoms with Gasteiger partial charge in [0, 0.05) is 39.4 Å². The lowest BCUT2D eigenvalue weighted by Gasteiger charge is -2.41. The summed E-state index contributed by atoms with van der Waals surface area (Å²) in [5.41, 5.74) is 0.250. The van der Waals surface area contributed by atoms with Crippen LogP contribution in [-0.2, 0) is 32.1 Å². The molecule has 1 atom stereocenters. The fraction of sp³-hybridized carbons (Fsp3) is 0.500. The lowest BCUT2D eigenvalue weighted by molar-refractivity contribution is -0.145.